The zero-order chi connectivity index (χ0) is 9.84. The lowest BCUT2D eigenvalue weighted by molar-refractivity contribution is 0.0936. The third kappa shape index (κ3) is 2.19. The first kappa shape index (κ1) is 9.04. The molecule has 3 amide bonds. The molecule has 1 heterocycles. The van der Waals surface area contributed by atoms with Gasteiger partial charge in [-0.25, -0.2) is 10.2 Å². The lowest BCUT2D eigenvalue weighted by atomic mass is 10.3. The van der Waals surface area contributed by atoms with Gasteiger partial charge < -0.3 is 10.3 Å². The zero-order valence-electron chi connectivity index (χ0n) is 6.83. The second kappa shape index (κ2) is 3.57. The Hall–Kier alpha value is -2.05. The Bertz CT molecular complexity index is 332. The van der Waals surface area contributed by atoms with Gasteiger partial charge in [0.2, 0.25) is 0 Å². The van der Waals surface area contributed by atoms with E-state index in [0.29, 0.717) is 5.76 Å². The van der Waals surface area contributed by atoms with Gasteiger partial charge in [-0.3, -0.25) is 10.2 Å². The molecular weight excluding hydrogens is 176 g/mol. The molecule has 0 aliphatic rings. The Morgan fingerprint density at radius 3 is 2.69 bits per heavy atom. The zero-order valence-corrected chi connectivity index (χ0v) is 6.83. The molecule has 0 saturated carbocycles. The molecule has 0 fully saturated rings. The highest BCUT2D eigenvalue weighted by Crippen LogP contribution is 2.04. The van der Waals surface area contributed by atoms with E-state index in [-0.39, 0.29) is 5.56 Å². The van der Waals surface area contributed by atoms with Crippen molar-refractivity contribution >= 4 is 11.9 Å². The van der Waals surface area contributed by atoms with E-state index in [4.69, 9.17) is 5.73 Å². The SMILES string of the molecule is Cc1oncc1C(=O)NNC(N)=O. The van der Waals surface area contributed by atoms with Crippen molar-refractivity contribution in [2.45, 2.75) is 6.92 Å². The number of hydrazine groups is 1. The van der Waals surface area contributed by atoms with Crippen LogP contribution in [0.2, 0.25) is 0 Å². The molecule has 1 aromatic rings. The van der Waals surface area contributed by atoms with Crippen LogP contribution >= 0.6 is 0 Å². The van der Waals surface area contributed by atoms with E-state index in [0.717, 1.165) is 0 Å². The number of primary amides is 1. The van der Waals surface area contributed by atoms with Crippen LogP contribution in [-0.4, -0.2) is 17.1 Å². The van der Waals surface area contributed by atoms with Crippen molar-refractivity contribution in [3.63, 3.8) is 0 Å². The molecule has 0 spiro atoms. The van der Waals surface area contributed by atoms with Crippen LogP contribution in [-0.2, 0) is 0 Å². The van der Waals surface area contributed by atoms with Crippen molar-refractivity contribution in [2.75, 3.05) is 0 Å². The first-order valence-electron chi connectivity index (χ1n) is 3.38. The summed E-state index contributed by atoms with van der Waals surface area (Å²) in [6.07, 6.45) is 1.24. The summed E-state index contributed by atoms with van der Waals surface area (Å²) >= 11 is 0. The molecule has 0 aromatic carbocycles. The molecule has 7 nitrogen and oxygen atoms in total. The summed E-state index contributed by atoms with van der Waals surface area (Å²) in [5.41, 5.74) is 8.97. The third-order valence-corrected chi connectivity index (χ3v) is 1.29. The lowest BCUT2D eigenvalue weighted by Gasteiger charge is -2.01. The Morgan fingerprint density at radius 2 is 2.23 bits per heavy atom. The van der Waals surface area contributed by atoms with Gasteiger partial charge in [0.25, 0.3) is 5.91 Å². The van der Waals surface area contributed by atoms with Gasteiger partial charge in [0, 0.05) is 0 Å². The summed E-state index contributed by atoms with van der Waals surface area (Å²) < 4.78 is 4.64. The molecule has 70 valence electrons. The number of aromatic nitrogens is 1. The molecule has 0 unspecified atom stereocenters. The number of nitrogens with two attached hydrogens (primary N) is 1. The second-order valence-corrected chi connectivity index (χ2v) is 2.24. The number of nitrogens with zero attached hydrogens (tertiary/aromatic N) is 1. The number of aryl methyl sites for hydroxylation is 1. The van der Waals surface area contributed by atoms with E-state index in [1.807, 2.05) is 5.43 Å². The number of carbonyl (C=O) groups excluding carboxylic acids is 2. The Labute approximate surface area is 73.2 Å². The smallest absolute Gasteiger partial charge is 0.330 e. The summed E-state index contributed by atoms with van der Waals surface area (Å²) in [6, 6.07) is -0.845. The van der Waals surface area contributed by atoms with Crippen molar-refractivity contribution in [3.8, 4) is 0 Å². The van der Waals surface area contributed by atoms with Gasteiger partial charge >= 0.3 is 6.03 Å². The Balaban J connectivity index is 2.59. The topological polar surface area (TPSA) is 110 Å². The number of urea groups is 1. The average Bonchev–Trinajstić information content (AvgIpc) is 2.47. The maximum absolute atomic E-state index is 11.1. The summed E-state index contributed by atoms with van der Waals surface area (Å²) in [6.45, 7) is 1.58. The fourth-order valence-corrected chi connectivity index (χ4v) is 0.702. The quantitative estimate of drug-likeness (QED) is 0.501. The lowest BCUT2D eigenvalue weighted by Crippen LogP contribution is -2.44. The number of hydrogen-bond donors (Lipinski definition) is 3. The van der Waals surface area contributed by atoms with Gasteiger partial charge in [0.05, 0.1) is 6.20 Å². The first-order valence-corrected chi connectivity index (χ1v) is 3.38. The molecule has 0 aliphatic heterocycles. The molecule has 4 N–H and O–H groups in total. The van der Waals surface area contributed by atoms with Crippen LogP contribution in [0.5, 0.6) is 0 Å². The first-order chi connectivity index (χ1) is 6.11. The van der Waals surface area contributed by atoms with E-state index in [2.05, 4.69) is 15.1 Å². The number of nitrogens with one attached hydrogen (secondary N) is 2. The summed E-state index contributed by atoms with van der Waals surface area (Å²) in [4.78, 5) is 21.4. The van der Waals surface area contributed by atoms with E-state index in [1.165, 1.54) is 6.20 Å². The maximum Gasteiger partial charge on any atom is 0.330 e. The highest BCUT2D eigenvalue weighted by atomic mass is 16.5. The van der Waals surface area contributed by atoms with Crippen LogP contribution in [0.15, 0.2) is 10.7 Å². The molecular formula is C6H8N4O3. The highest BCUT2D eigenvalue weighted by molar-refractivity contribution is 5.95. The van der Waals surface area contributed by atoms with Crippen molar-refractivity contribution in [3.05, 3.63) is 17.5 Å². The molecule has 0 radical (unpaired) electrons. The fourth-order valence-electron chi connectivity index (χ4n) is 0.702. The maximum atomic E-state index is 11.1. The molecule has 0 saturated heterocycles. The standard InChI is InChI=1S/C6H8N4O3/c1-3-4(2-8-13-3)5(11)9-10-6(7)12/h2H,1H3,(H,9,11)(H3,7,10,12). The van der Waals surface area contributed by atoms with Crippen LogP contribution in [0.1, 0.15) is 16.1 Å². The monoisotopic (exact) mass is 184 g/mol. The molecule has 1 aromatic heterocycles. The minimum atomic E-state index is -0.845. The van der Waals surface area contributed by atoms with Crippen molar-refractivity contribution in [1.29, 1.82) is 0 Å². The normalized spacial score (nSPS) is 9.31. The number of rotatable bonds is 1. The van der Waals surface area contributed by atoms with Crippen LogP contribution in [0, 0.1) is 6.92 Å². The van der Waals surface area contributed by atoms with Crippen LogP contribution < -0.4 is 16.6 Å². The number of amides is 3. The van der Waals surface area contributed by atoms with Crippen molar-refractivity contribution in [1.82, 2.24) is 16.0 Å². The van der Waals surface area contributed by atoms with Gasteiger partial charge in [-0.1, -0.05) is 5.16 Å². The van der Waals surface area contributed by atoms with Crippen molar-refractivity contribution in [2.24, 2.45) is 5.73 Å². The minimum absolute atomic E-state index is 0.244. The van der Waals surface area contributed by atoms with Gasteiger partial charge in [0.1, 0.15) is 11.3 Å². The van der Waals surface area contributed by atoms with Gasteiger partial charge in [-0.15, -0.1) is 0 Å². The molecule has 13 heavy (non-hydrogen) atoms. The van der Waals surface area contributed by atoms with E-state index in [9.17, 15) is 9.59 Å². The summed E-state index contributed by atoms with van der Waals surface area (Å²) in [7, 11) is 0. The molecule has 1 rings (SSSR count). The molecule has 0 atom stereocenters. The van der Waals surface area contributed by atoms with Crippen LogP contribution in [0.3, 0.4) is 0 Å². The highest BCUT2D eigenvalue weighted by Gasteiger charge is 2.12. The van der Waals surface area contributed by atoms with Gasteiger partial charge in [-0.2, -0.15) is 0 Å². The number of hydrogen-bond acceptors (Lipinski definition) is 4. The Kier molecular flexibility index (Phi) is 2.48. The van der Waals surface area contributed by atoms with Gasteiger partial charge in [-0.05, 0) is 6.92 Å². The molecule has 0 bridgehead atoms. The van der Waals surface area contributed by atoms with E-state index in [1.54, 1.807) is 6.92 Å². The largest absolute Gasteiger partial charge is 0.361 e. The average molecular weight is 184 g/mol. The van der Waals surface area contributed by atoms with Crippen molar-refractivity contribution < 1.29 is 14.1 Å². The minimum Gasteiger partial charge on any atom is -0.361 e. The second-order valence-electron chi connectivity index (χ2n) is 2.24. The fraction of sp³-hybridized carbons (Fsp3) is 0.167. The van der Waals surface area contributed by atoms with Crippen LogP contribution in [0.25, 0.3) is 0 Å². The van der Waals surface area contributed by atoms with E-state index < -0.39 is 11.9 Å². The summed E-state index contributed by atoms with van der Waals surface area (Å²) in [5, 5.41) is 3.39. The summed E-state index contributed by atoms with van der Waals surface area (Å²) in [5.74, 6) is -0.165. The predicted octanol–water partition coefficient (Wildman–Crippen LogP) is -0.704. The third-order valence-electron chi connectivity index (χ3n) is 1.29. The number of carbonyl (C=O) groups is 2. The van der Waals surface area contributed by atoms with Gasteiger partial charge in [0.15, 0.2) is 0 Å². The molecule has 7 heteroatoms. The predicted molar refractivity (Wildman–Crippen MR) is 41.4 cm³/mol. The van der Waals surface area contributed by atoms with Crippen LogP contribution in [0.4, 0.5) is 4.79 Å². The van der Waals surface area contributed by atoms with E-state index >= 15 is 0 Å². The molecule has 0 aliphatic carbocycles. The Morgan fingerprint density at radius 1 is 1.54 bits per heavy atom.